The fourth-order valence-electron chi connectivity index (χ4n) is 13.0. The molecular weight excluding hydrogens is 1120 g/mol. The standard InChI is InChI=1S/C16H14.C12H12.C12H24.C12H18.C10H15N.C9H14.C8H16O2.C8H12S/c1-11-3-5-13-9-14-6-4-12(2)8-16(14)10-15(13)7-11;1-9-3-5-11-6-4-10(2)8-12(11)7-9;2*1-7-8(2)10(4)12(6)11(5)9(7)3;1-6-7(2)9(4)11-10(5)8(6)3;1-6-5-7(2)9(4)8(6)3;1-5-6(2)9-8(4)10-7(5)3;1-5-6(2)8(4)9-7(5)3/h3-10H,1-2H3;3-8H,1-2H3;7-12H,1-6H3;1-6H3;1-5H3;5H2,1-4H3;5-8H,1-4H3;1-4H3. The van der Waals surface area contributed by atoms with E-state index in [2.05, 4.69) is 311 Å². The van der Waals surface area contributed by atoms with Gasteiger partial charge in [0.2, 0.25) is 0 Å². The van der Waals surface area contributed by atoms with Crippen molar-refractivity contribution in [3.63, 3.8) is 0 Å². The summed E-state index contributed by atoms with van der Waals surface area (Å²) >= 11 is 1.90. The fourth-order valence-corrected chi connectivity index (χ4v) is 14.1. The molecule has 0 amide bonds. The number of allylic oxidation sites excluding steroid dienone is 4. The molecule has 3 nitrogen and oxygen atoms in total. The highest BCUT2D eigenvalue weighted by molar-refractivity contribution is 7.12. The van der Waals surface area contributed by atoms with E-state index in [-0.39, 0.29) is 6.29 Å². The predicted octanol–water partition coefficient (Wildman–Crippen LogP) is 25.9. The van der Waals surface area contributed by atoms with Gasteiger partial charge in [-0.1, -0.05) is 155 Å². The first-order chi connectivity index (χ1) is 42.3. The maximum atomic E-state index is 5.45. The molecule has 6 aromatic carbocycles. The zero-order chi connectivity index (χ0) is 69.0. The largest absolute Gasteiger partial charge is 0.350 e. The Bertz CT molecular complexity index is 3460. The maximum absolute atomic E-state index is 5.45. The molecule has 2 aromatic heterocycles. The Morgan fingerprint density at radius 3 is 0.791 bits per heavy atom. The summed E-state index contributed by atoms with van der Waals surface area (Å²) < 4.78 is 10.9. The summed E-state index contributed by atoms with van der Waals surface area (Å²) in [5.74, 6) is 5.96. The maximum Gasteiger partial charge on any atom is 0.155 e. The number of hydrogen-bond acceptors (Lipinski definition) is 4. The van der Waals surface area contributed by atoms with Crippen LogP contribution in [0.1, 0.15) is 208 Å². The van der Waals surface area contributed by atoms with Crippen molar-refractivity contribution >= 4 is 43.7 Å². The van der Waals surface area contributed by atoms with Crippen LogP contribution in [-0.2, 0) is 9.47 Å². The molecule has 1 saturated heterocycles. The number of benzene rings is 6. The van der Waals surface area contributed by atoms with Gasteiger partial charge in [0.1, 0.15) is 0 Å². The van der Waals surface area contributed by atoms with Crippen molar-refractivity contribution in [1.82, 2.24) is 4.98 Å². The second-order valence-electron chi connectivity index (χ2n) is 28.5. The minimum absolute atomic E-state index is 0.0267. The molecule has 91 heavy (non-hydrogen) atoms. The van der Waals surface area contributed by atoms with Gasteiger partial charge in [0.15, 0.2) is 6.29 Å². The number of pyridine rings is 1. The molecule has 1 aliphatic heterocycles. The Hall–Kier alpha value is -5.65. The highest BCUT2D eigenvalue weighted by atomic mass is 32.1. The molecule has 496 valence electrons. The van der Waals surface area contributed by atoms with E-state index in [1.54, 1.807) is 11.1 Å². The van der Waals surface area contributed by atoms with E-state index in [1.165, 1.54) is 143 Å². The molecule has 2 fully saturated rings. The first kappa shape index (κ1) is 77.8. The summed E-state index contributed by atoms with van der Waals surface area (Å²) in [6, 6.07) is 30.9. The monoisotopic (exact) mass is 1250 g/mol. The van der Waals surface area contributed by atoms with Gasteiger partial charge in [-0.05, 0) is 339 Å². The van der Waals surface area contributed by atoms with E-state index in [0.29, 0.717) is 18.1 Å². The molecule has 2 unspecified atom stereocenters. The van der Waals surface area contributed by atoms with Crippen molar-refractivity contribution in [2.45, 2.75) is 253 Å². The van der Waals surface area contributed by atoms with E-state index in [0.717, 1.165) is 46.9 Å². The number of rotatable bonds is 0. The lowest BCUT2D eigenvalue weighted by Gasteiger charge is -2.45. The zero-order valence-corrected chi connectivity index (χ0v) is 64.6. The van der Waals surface area contributed by atoms with Crippen LogP contribution in [0.3, 0.4) is 0 Å². The van der Waals surface area contributed by atoms with Crippen molar-refractivity contribution in [3.05, 3.63) is 212 Å². The van der Waals surface area contributed by atoms with Crippen molar-refractivity contribution < 1.29 is 9.47 Å². The molecule has 11 rings (SSSR count). The van der Waals surface area contributed by atoms with Gasteiger partial charge in [0, 0.05) is 27.1 Å². The lowest BCUT2D eigenvalue weighted by molar-refractivity contribution is -0.248. The van der Waals surface area contributed by atoms with Gasteiger partial charge in [-0.2, -0.15) is 0 Å². The average Bonchev–Trinajstić information content (AvgIpc) is 2.11. The van der Waals surface area contributed by atoms with Crippen LogP contribution in [0.5, 0.6) is 0 Å². The number of aryl methyl sites for hydroxylation is 8. The minimum atomic E-state index is -0.0267. The summed E-state index contributed by atoms with van der Waals surface area (Å²) in [6.07, 6.45) is 1.84. The van der Waals surface area contributed by atoms with Gasteiger partial charge in [-0.3, -0.25) is 4.98 Å². The minimum Gasteiger partial charge on any atom is -0.350 e. The molecule has 0 spiro atoms. The van der Waals surface area contributed by atoms with E-state index in [1.807, 2.05) is 18.3 Å². The molecule has 4 heteroatoms. The van der Waals surface area contributed by atoms with Crippen LogP contribution in [0.4, 0.5) is 0 Å². The highest BCUT2D eigenvalue weighted by Gasteiger charge is 2.38. The normalized spacial score (nSPS) is 21.7. The molecule has 0 radical (unpaired) electrons. The van der Waals surface area contributed by atoms with Crippen LogP contribution < -0.4 is 0 Å². The molecule has 2 atom stereocenters. The lowest BCUT2D eigenvalue weighted by atomic mass is 9.60. The third kappa shape index (κ3) is 20.7. The number of aromatic nitrogens is 1. The molecular formula is C87H125NO2S. The van der Waals surface area contributed by atoms with Gasteiger partial charge in [-0.25, -0.2) is 0 Å². The Kier molecular flexibility index (Phi) is 29.5. The lowest BCUT2D eigenvalue weighted by Crippen LogP contribution is -2.40. The Balaban J connectivity index is 0.000000223. The van der Waals surface area contributed by atoms with Gasteiger partial charge in [-0.15, -0.1) is 11.3 Å². The molecule has 2 aliphatic carbocycles. The van der Waals surface area contributed by atoms with Crippen LogP contribution in [0.2, 0.25) is 0 Å². The average molecular weight is 1250 g/mol. The van der Waals surface area contributed by atoms with Crippen LogP contribution >= 0.6 is 11.3 Å². The Labute approximate surface area is 561 Å². The van der Waals surface area contributed by atoms with Crippen LogP contribution in [0.15, 0.2) is 107 Å². The van der Waals surface area contributed by atoms with Gasteiger partial charge in [0.25, 0.3) is 0 Å². The van der Waals surface area contributed by atoms with Crippen molar-refractivity contribution in [3.8, 4) is 0 Å². The number of hydrogen-bond donors (Lipinski definition) is 0. The number of thiophene rings is 1. The summed E-state index contributed by atoms with van der Waals surface area (Å²) in [6.45, 7) is 72.8. The first-order valence-electron chi connectivity index (χ1n) is 34.3. The third-order valence-corrected chi connectivity index (χ3v) is 24.0. The Morgan fingerprint density at radius 1 is 0.286 bits per heavy atom. The number of nitrogens with zero attached hydrogens (tertiary/aromatic N) is 1. The highest BCUT2D eigenvalue weighted by Crippen LogP contribution is 2.45. The molecule has 0 N–H and O–H groups in total. The summed E-state index contributed by atoms with van der Waals surface area (Å²) in [5, 5.41) is 7.97. The van der Waals surface area contributed by atoms with Gasteiger partial charge >= 0.3 is 0 Å². The van der Waals surface area contributed by atoms with E-state index < -0.39 is 0 Å². The first-order valence-corrected chi connectivity index (χ1v) is 35.1. The molecule has 1 saturated carbocycles. The van der Waals surface area contributed by atoms with Gasteiger partial charge in [0.05, 0.1) is 12.2 Å². The van der Waals surface area contributed by atoms with Crippen LogP contribution in [0.25, 0.3) is 32.3 Å². The van der Waals surface area contributed by atoms with E-state index in [4.69, 9.17) is 9.47 Å². The van der Waals surface area contributed by atoms with Crippen LogP contribution in [-0.4, -0.2) is 23.5 Å². The smallest absolute Gasteiger partial charge is 0.155 e. The molecule has 3 heterocycles. The third-order valence-electron chi connectivity index (χ3n) is 22.7. The quantitative estimate of drug-likeness (QED) is 0.142. The Morgan fingerprint density at radius 2 is 0.538 bits per heavy atom. The summed E-state index contributed by atoms with van der Waals surface area (Å²) in [7, 11) is 0. The topological polar surface area (TPSA) is 31.4 Å². The zero-order valence-electron chi connectivity index (χ0n) is 63.7. The number of fused-ring (bicyclic) bond motifs is 3. The van der Waals surface area contributed by atoms with Crippen molar-refractivity contribution in [1.29, 1.82) is 0 Å². The van der Waals surface area contributed by atoms with Crippen molar-refractivity contribution in [2.75, 3.05) is 0 Å². The summed E-state index contributed by atoms with van der Waals surface area (Å²) in [5.41, 5.74) is 29.4. The SMILES string of the molecule is CC1=C(C)C(C)=C(C)C1.CC1C(C)C(C)C(C)C(C)C1C.CC1OC(C)C(C)C(C)O1.Cc1c(C)c(C)c(C)c(C)c1C.Cc1ccc2cc3ccc(C)cc3cc2c1.Cc1ccc2ccc(C)cc2c1.Cc1nc(C)c(C)c(C)c1C.Cc1sc(C)c(C)c1C. The van der Waals surface area contributed by atoms with Crippen molar-refractivity contribution in [2.24, 2.45) is 41.4 Å². The molecule has 3 aliphatic rings. The van der Waals surface area contributed by atoms with E-state index >= 15 is 0 Å². The fraction of sp³-hybridized carbons (Fsp3) is 0.506. The van der Waals surface area contributed by atoms with E-state index in [9.17, 15) is 0 Å². The van der Waals surface area contributed by atoms with Gasteiger partial charge < -0.3 is 9.47 Å². The summed E-state index contributed by atoms with van der Waals surface area (Å²) in [4.78, 5) is 7.36. The van der Waals surface area contributed by atoms with Crippen LogP contribution in [0, 0.1) is 173 Å². The predicted molar refractivity (Wildman–Crippen MR) is 406 cm³/mol. The second-order valence-corrected chi connectivity index (χ2v) is 30.0. The molecule has 0 bridgehead atoms. The second kappa shape index (κ2) is 34.5. The number of ether oxygens (including phenoxy) is 2. The molecule has 8 aromatic rings.